The van der Waals surface area contributed by atoms with Crippen molar-refractivity contribution in [3.63, 3.8) is 0 Å². The second kappa shape index (κ2) is 10.7. The fraction of sp³-hybridized carbons (Fsp3) is 0.500. The molecule has 0 aliphatic rings. The van der Waals surface area contributed by atoms with Crippen molar-refractivity contribution in [3.05, 3.63) is 23.8 Å². The van der Waals surface area contributed by atoms with Gasteiger partial charge in [0.2, 0.25) is 10.0 Å². The van der Waals surface area contributed by atoms with Gasteiger partial charge in [-0.2, -0.15) is 13.2 Å². The van der Waals surface area contributed by atoms with Crippen LogP contribution in [0.25, 0.3) is 0 Å². The summed E-state index contributed by atoms with van der Waals surface area (Å²) in [6, 6.07) is 4.57. The second-order valence-electron chi connectivity index (χ2n) is 5.62. The number of aromatic carboxylic acids is 1. The van der Waals surface area contributed by atoms with Crippen LogP contribution < -0.4 is 9.62 Å². The lowest BCUT2D eigenvalue weighted by molar-refractivity contribution is -0.192. The quantitative estimate of drug-likeness (QED) is 0.581. The van der Waals surface area contributed by atoms with Gasteiger partial charge in [-0.25, -0.2) is 18.0 Å². The Morgan fingerprint density at radius 1 is 1.18 bits per heavy atom. The molecule has 1 rings (SSSR count). The molecule has 8 nitrogen and oxygen atoms in total. The SMILES string of the molecule is CCCCN(C)c1ccc(NS(=O)(=O)CC)cc1C(=O)O.O=C(O)C(F)(F)F. The van der Waals surface area contributed by atoms with Crippen LogP contribution in [0.3, 0.4) is 0 Å². The molecule has 0 heterocycles. The molecule has 12 heteroatoms. The maximum atomic E-state index is 11.5. The Bertz CT molecular complexity index is 781. The Balaban J connectivity index is 0.000000887. The monoisotopic (exact) mass is 428 g/mol. The number of halogens is 3. The number of hydrogen-bond acceptors (Lipinski definition) is 5. The minimum atomic E-state index is -5.08. The average molecular weight is 428 g/mol. The molecule has 0 atom stereocenters. The summed E-state index contributed by atoms with van der Waals surface area (Å²) in [5.74, 6) is -3.90. The van der Waals surface area contributed by atoms with E-state index in [4.69, 9.17) is 9.90 Å². The first kappa shape index (κ1) is 25.5. The van der Waals surface area contributed by atoms with Gasteiger partial charge in [-0.1, -0.05) is 13.3 Å². The van der Waals surface area contributed by atoms with Crippen molar-refractivity contribution in [3.8, 4) is 0 Å². The van der Waals surface area contributed by atoms with Gasteiger partial charge in [0, 0.05) is 19.3 Å². The van der Waals surface area contributed by atoms with E-state index in [1.165, 1.54) is 13.0 Å². The first-order valence-electron chi connectivity index (χ1n) is 8.14. The number of rotatable bonds is 8. The number of nitrogens with zero attached hydrogens (tertiary/aromatic N) is 1. The maximum Gasteiger partial charge on any atom is 0.490 e. The number of aliphatic carboxylic acids is 1. The molecule has 0 saturated carbocycles. The summed E-state index contributed by atoms with van der Waals surface area (Å²) in [6.45, 7) is 4.33. The third kappa shape index (κ3) is 8.93. The number of carbonyl (C=O) groups is 2. The van der Waals surface area contributed by atoms with Crippen LogP contribution in [-0.4, -0.2) is 56.1 Å². The fourth-order valence-electron chi connectivity index (χ4n) is 1.87. The molecule has 0 spiro atoms. The lowest BCUT2D eigenvalue weighted by atomic mass is 10.1. The van der Waals surface area contributed by atoms with Crippen LogP contribution in [0.15, 0.2) is 18.2 Å². The van der Waals surface area contributed by atoms with Gasteiger partial charge < -0.3 is 15.1 Å². The molecule has 0 amide bonds. The number of sulfonamides is 1. The zero-order valence-corrected chi connectivity index (χ0v) is 16.4. The molecule has 0 saturated heterocycles. The predicted octanol–water partition coefficient (Wildman–Crippen LogP) is 3.02. The zero-order chi connectivity index (χ0) is 22.1. The van der Waals surface area contributed by atoms with E-state index in [1.807, 2.05) is 11.9 Å². The van der Waals surface area contributed by atoms with E-state index in [9.17, 15) is 31.5 Å². The summed E-state index contributed by atoms with van der Waals surface area (Å²) < 4.78 is 57.2. The number of nitrogens with one attached hydrogen (secondary N) is 1. The number of anilines is 2. The first-order chi connectivity index (χ1) is 12.7. The highest BCUT2D eigenvalue weighted by molar-refractivity contribution is 7.92. The van der Waals surface area contributed by atoms with E-state index in [-0.39, 0.29) is 17.0 Å². The van der Waals surface area contributed by atoms with Gasteiger partial charge in [0.1, 0.15) is 0 Å². The Labute approximate surface area is 161 Å². The largest absolute Gasteiger partial charge is 0.490 e. The van der Waals surface area contributed by atoms with E-state index in [1.54, 1.807) is 12.1 Å². The molecule has 3 N–H and O–H groups in total. The van der Waals surface area contributed by atoms with Gasteiger partial charge >= 0.3 is 18.1 Å². The van der Waals surface area contributed by atoms with E-state index in [0.717, 1.165) is 19.4 Å². The Morgan fingerprint density at radius 3 is 2.11 bits per heavy atom. The number of alkyl halides is 3. The molecule has 28 heavy (non-hydrogen) atoms. The van der Waals surface area contributed by atoms with Crippen molar-refractivity contribution in [2.45, 2.75) is 32.9 Å². The highest BCUT2D eigenvalue weighted by Gasteiger charge is 2.38. The predicted molar refractivity (Wildman–Crippen MR) is 98.4 cm³/mol. The topological polar surface area (TPSA) is 124 Å². The van der Waals surface area contributed by atoms with E-state index in [0.29, 0.717) is 5.69 Å². The Morgan fingerprint density at radius 2 is 1.71 bits per heavy atom. The summed E-state index contributed by atoms with van der Waals surface area (Å²) in [5.41, 5.74) is 0.933. The molecule has 0 unspecified atom stereocenters. The summed E-state index contributed by atoms with van der Waals surface area (Å²) in [6.07, 6.45) is -3.11. The highest BCUT2D eigenvalue weighted by Crippen LogP contribution is 2.24. The van der Waals surface area contributed by atoms with Crippen molar-refractivity contribution in [1.29, 1.82) is 0 Å². The molecular formula is C16H23F3N2O6S. The molecule has 0 fully saturated rings. The standard InChI is InChI=1S/C14H22N2O4S.C2HF3O2/c1-4-6-9-16(3)13-8-7-11(10-12(13)14(17)18)15-21(19,20)5-2;3-2(4,5)1(6)7/h7-8,10,15H,4-6,9H2,1-3H3,(H,17,18);(H,6,7). The fourth-order valence-corrected chi connectivity index (χ4v) is 2.50. The van der Waals surface area contributed by atoms with Crippen molar-refractivity contribution >= 4 is 33.3 Å². The zero-order valence-electron chi connectivity index (χ0n) is 15.6. The third-order valence-electron chi connectivity index (χ3n) is 3.38. The second-order valence-corrected chi connectivity index (χ2v) is 7.63. The lowest BCUT2D eigenvalue weighted by Crippen LogP contribution is -2.21. The summed E-state index contributed by atoms with van der Waals surface area (Å²) >= 11 is 0. The average Bonchev–Trinajstić information content (AvgIpc) is 2.58. The molecule has 160 valence electrons. The molecular weight excluding hydrogens is 405 g/mol. The summed E-state index contributed by atoms with van der Waals surface area (Å²) in [4.78, 5) is 22.1. The molecule has 1 aromatic carbocycles. The Hall–Kier alpha value is -2.50. The Kier molecular flexibility index (Phi) is 9.78. The molecule has 0 aromatic heterocycles. The maximum absolute atomic E-state index is 11.5. The van der Waals surface area contributed by atoms with Crippen LogP contribution in [-0.2, 0) is 14.8 Å². The minimum absolute atomic E-state index is 0.0619. The molecule has 0 radical (unpaired) electrons. The minimum Gasteiger partial charge on any atom is -0.478 e. The van der Waals surface area contributed by atoms with Crippen LogP contribution in [0.1, 0.15) is 37.0 Å². The van der Waals surface area contributed by atoms with Crippen LogP contribution in [0.5, 0.6) is 0 Å². The van der Waals surface area contributed by atoms with Gasteiger partial charge in [0.05, 0.1) is 17.0 Å². The van der Waals surface area contributed by atoms with Crippen molar-refractivity contribution in [2.75, 3.05) is 29.0 Å². The molecule has 1 aromatic rings. The number of benzene rings is 1. The van der Waals surface area contributed by atoms with Gasteiger partial charge in [-0.05, 0) is 31.5 Å². The number of hydrogen-bond donors (Lipinski definition) is 3. The first-order valence-corrected chi connectivity index (χ1v) is 9.79. The smallest absolute Gasteiger partial charge is 0.478 e. The number of carboxylic acids is 2. The van der Waals surface area contributed by atoms with Crippen molar-refractivity contribution < 1.29 is 41.4 Å². The van der Waals surface area contributed by atoms with Crippen molar-refractivity contribution in [2.24, 2.45) is 0 Å². The number of carboxylic acid groups (broad SMARTS) is 2. The van der Waals surface area contributed by atoms with Gasteiger partial charge in [0.15, 0.2) is 0 Å². The van der Waals surface area contributed by atoms with Crippen LogP contribution >= 0.6 is 0 Å². The van der Waals surface area contributed by atoms with Crippen LogP contribution in [0.2, 0.25) is 0 Å². The van der Waals surface area contributed by atoms with E-state index >= 15 is 0 Å². The van der Waals surface area contributed by atoms with E-state index < -0.39 is 28.1 Å². The molecule has 0 aliphatic carbocycles. The van der Waals surface area contributed by atoms with Crippen LogP contribution in [0.4, 0.5) is 24.5 Å². The van der Waals surface area contributed by atoms with Gasteiger partial charge in [-0.3, -0.25) is 4.72 Å². The summed E-state index contributed by atoms with van der Waals surface area (Å²) in [5, 5.41) is 16.4. The summed E-state index contributed by atoms with van der Waals surface area (Å²) in [7, 11) is -1.59. The number of unbranched alkanes of at least 4 members (excludes halogenated alkanes) is 1. The van der Waals surface area contributed by atoms with E-state index in [2.05, 4.69) is 11.6 Å². The van der Waals surface area contributed by atoms with Crippen LogP contribution in [0, 0.1) is 0 Å². The lowest BCUT2D eigenvalue weighted by Gasteiger charge is -2.21. The van der Waals surface area contributed by atoms with Gasteiger partial charge in [0.25, 0.3) is 0 Å². The molecule has 0 bridgehead atoms. The third-order valence-corrected chi connectivity index (χ3v) is 4.69. The molecule has 0 aliphatic heterocycles. The van der Waals surface area contributed by atoms with Crippen molar-refractivity contribution in [1.82, 2.24) is 0 Å². The highest BCUT2D eigenvalue weighted by atomic mass is 32.2. The normalized spacial score (nSPS) is 11.2. The van der Waals surface area contributed by atoms with Gasteiger partial charge in [-0.15, -0.1) is 0 Å².